The summed E-state index contributed by atoms with van der Waals surface area (Å²) in [6.07, 6.45) is 0. The van der Waals surface area contributed by atoms with E-state index in [1.807, 2.05) is 0 Å². The van der Waals surface area contributed by atoms with Gasteiger partial charge in [0.05, 0.1) is 12.2 Å². The third-order valence-electron chi connectivity index (χ3n) is 2.40. The normalized spacial score (nSPS) is 14.8. The Balaban J connectivity index is 2.55. The molecule has 0 aliphatic rings. The zero-order chi connectivity index (χ0) is 12.0. The van der Waals surface area contributed by atoms with Crippen LogP contribution in [0.4, 0.5) is 4.39 Å². The number of methoxy groups -OCH3 is 1. The van der Waals surface area contributed by atoms with Crippen LogP contribution in [0.3, 0.4) is 0 Å². The second-order valence-electron chi connectivity index (χ2n) is 3.95. The van der Waals surface area contributed by atoms with Crippen LogP contribution in [0.5, 0.6) is 0 Å². The van der Waals surface area contributed by atoms with E-state index in [9.17, 15) is 9.50 Å². The number of ether oxygens (including phenoxy) is 1. The topological polar surface area (TPSA) is 41.5 Å². The van der Waals surface area contributed by atoms with Crippen LogP contribution in [0.25, 0.3) is 0 Å². The molecule has 0 saturated carbocycles. The van der Waals surface area contributed by atoms with Gasteiger partial charge in [-0.2, -0.15) is 0 Å². The molecule has 90 valence electrons. The fourth-order valence-corrected chi connectivity index (χ4v) is 1.43. The van der Waals surface area contributed by atoms with E-state index in [0.717, 1.165) is 0 Å². The molecule has 4 heteroatoms. The maximum absolute atomic E-state index is 13.0. The summed E-state index contributed by atoms with van der Waals surface area (Å²) in [5.74, 6) is -0.338. The summed E-state index contributed by atoms with van der Waals surface area (Å²) in [6, 6.07) is 6.01. The Hall–Kier alpha value is -0.970. The van der Waals surface area contributed by atoms with E-state index in [2.05, 4.69) is 5.32 Å². The third-order valence-corrected chi connectivity index (χ3v) is 2.40. The highest BCUT2D eigenvalue weighted by atomic mass is 19.1. The maximum atomic E-state index is 13.0. The molecule has 16 heavy (non-hydrogen) atoms. The molecule has 0 aliphatic carbocycles. The van der Waals surface area contributed by atoms with Crippen molar-refractivity contribution < 1.29 is 14.2 Å². The molecule has 0 amide bonds. The largest absolute Gasteiger partial charge is 0.384 e. The van der Waals surface area contributed by atoms with E-state index in [1.165, 1.54) is 12.1 Å². The van der Waals surface area contributed by atoms with Crippen molar-refractivity contribution in [3.63, 3.8) is 0 Å². The highest BCUT2D eigenvalue weighted by Gasteiger charge is 2.22. The zero-order valence-corrected chi connectivity index (χ0v) is 9.66. The Kier molecular flexibility index (Phi) is 4.86. The lowest BCUT2D eigenvalue weighted by atomic mass is 9.96. The van der Waals surface area contributed by atoms with Crippen LogP contribution in [0, 0.1) is 5.82 Å². The molecule has 1 rings (SSSR count). The summed E-state index contributed by atoms with van der Waals surface area (Å²) >= 11 is 0. The average molecular weight is 227 g/mol. The quantitative estimate of drug-likeness (QED) is 0.719. The van der Waals surface area contributed by atoms with Crippen LogP contribution in [0.2, 0.25) is 0 Å². The van der Waals surface area contributed by atoms with Crippen molar-refractivity contribution in [1.82, 2.24) is 5.32 Å². The van der Waals surface area contributed by atoms with Gasteiger partial charge in [-0.15, -0.1) is 0 Å². The highest BCUT2D eigenvalue weighted by molar-refractivity contribution is 5.22. The number of rotatable bonds is 6. The molecule has 0 fully saturated rings. The summed E-state index contributed by atoms with van der Waals surface area (Å²) in [5, 5.41) is 13.2. The number of hydrogen-bond acceptors (Lipinski definition) is 3. The first-order valence-corrected chi connectivity index (χ1v) is 5.24. The van der Waals surface area contributed by atoms with Gasteiger partial charge in [0.25, 0.3) is 0 Å². The molecule has 1 aromatic carbocycles. The molecular formula is C12H18FNO2. The minimum Gasteiger partial charge on any atom is -0.384 e. The lowest BCUT2D eigenvalue weighted by molar-refractivity contribution is 0.0547. The van der Waals surface area contributed by atoms with Gasteiger partial charge in [0.1, 0.15) is 5.82 Å². The number of halogens is 1. The molecule has 0 bridgehead atoms. The van der Waals surface area contributed by atoms with Crippen molar-refractivity contribution in [3.05, 3.63) is 35.6 Å². The van der Waals surface area contributed by atoms with Crippen LogP contribution in [0.15, 0.2) is 24.3 Å². The van der Waals surface area contributed by atoms with Crippen molar-refractivity contribution in [1.29, 1.82) is 0 Å². The predicted molar refractivity (Wildman–Crippen MR) is 60.7 cm³/mol. The summed E-state index contributed by atoms with van der Waals surface area (Å²) in [7, 11) is 1.62. The van der Waals surface area contributed by atoms with Gasteiger partial charge in [0.15, 0.2) is 0 Å². The Morgan fingerprint density at radius 1 is 1.50 bits per heavy atom. The molecule has 1 unspecified atom stereocenters. The SMILES string of the molecule is COCCNCC(C)(O)c1cccc(F)c1. The van der Waals surface area contributed by atoms with Crippen molar-refractivity contribution in [3.8, 4) is 0 Å². The Morgan fingerprint density at radius 2 is 2.25 bits per heavy atom. The first-order chi connectivity index (χ1) is 7.56. The predicted octanol–water partition coefficient (Wildman–Crippen LogP) is 1.27. The number of hydrogen-bond donors (Lipinski definition) is 2. The molecule has 1 aromatic rings. The smallest absolute Gasteiger partial charge is 0.123 e. The summed E-state index contributed by atoms with van der Waals surface area (Å²) in [5.41, 5.74) is -0.507. The third kappa shape index (κ3) is 3.89. The van der Waals surface area contributed by atoms with E-state index < -0.39 is 5.60 Å². The van der Waals surface area contributed by atoms with Crippen LogP contribution < -0.4 is 5.32 Å². The fourth-order valence-electron chi connectivity index (χ4n) is 1.43. The van der Waals surface area contributed by atoms with Gasteiger partial charge in [-0.1, -0.05) is 12.1 Å². The van der Waals surface area contributed by atoms with E-state index in [4.69, 9.17) is 4.74 Å². The van der Waals surface area contributed by atoms with Crippen LogP contribution in [-0.4, -0.2) is 31.9 Å². The molecule has 0 aromatic heterocycles. The molecular weight excluding hydrogens is 209 g/mol. The van der Waals surface area contributed by atoms with Crippen molar-refractivity contribution in [2.75, 3.05) is 26.8 Å². The minimum absolute atomic E-state index is 0.338. The van der Waals surface area contributed by atoms with Gasteiger partial charge in [0, 0.05) is 20.2 Å². The molecule has 0 radical (unpaired) electrons. The van der Waals surface area contributed by atoms with Gasteiger partial charge in [-0.05, 0) is 24.6 Å². The van der Waals surface area contributed by atoms with Crippen molar-refractivity contribution in [2.24, 2.45) is 0 Å². The second-order valence-corrected chi connectivity index (χ2v) is 3.95. The summed E-state index contributed by atoms with van der Waals surface area (Å²) in [4.78, 5) is 0. The minimum atomic E-state index is -1.07. The standard InChI is InChI=1S/C12H18FNO2/c1-12(15,9-14-6-7-16-2)10-4-3-5-11(13)8-10/h3-5,8,14-15H,6-7,9H2,1-2H3. The van der Waals surface area contributed by atoms with E-state index >= 15 is 0 Å². The van der Waals surface area contributed by atoms with Crippen molar-refractivity contribution >= 4 is 0 Å². The Labute approximate surface area is 95.2 Å². The number of nitrogens with one attached hydrogen (secondary N) is 1. The zero-order valence-electron chi connectivity index (χ0n) is 9.66. The number of aliphatic hydroxyl groups is 1. The molecule has 3 nitrogen and oxygen atoms in total. The monoisotopic (exact) mass is 227 g/mol. The Morgan fingerprint density at radius 3 is 2.88 bits per heavy atom. The maximum Gasteiger partial charge on any atom is 0.123 e. The lowest BCUT2D eigenvalue weighted by Crippen LogP contribution is -2.36. The molecule has 0 aliphatic heterocycles. The van der Waals surface area contributed by atoms with Gasteiger partial charge in [-0.25, -0.2) is 4.39 Å². The number of benzene rings is 1. The van der Waals surface area contributed by atoms with E-state index in [0.29, 0.717) is 25.3 Å². The second kappa shape index (κ2) is 5.94. The van der Waals surface area contributed by atoms with Crippen LogP contribution >= 0.6 is 0 Å². The van der Waals surface area contributed by atoms with E-state index in [-0.39, 0.29) is 5.82 Å². The van der Waals surface area contributed by atoms with Crippen LogP contribution in [-0.2, 0) is 10.3 Å². The molecule has 0 saturated heterocycles. The lowest BCUT2D eigenvalue weighted by Gasteiger charge is -2.24. The van der Waals surface area contributed by atoms with Gasteiger partial charge in [0.2, 0.25) is 0 Å². The molecule has 0 spiro atoms. The van der Waals surface area contributed by atoms with Crippen molar-refractivity contribution in [2.45, 2.75) is 12.5 Å². The molecule has 1 atom stereocenters. The first kappa shape index (κ1) is 13.1. The van der Waals surface area contributed by atoms with Gasteiger partial charge >= 0.3 is 0 Å². The van der Waals surface area contributed by atoms with E-state index in [1.54, 1.807) is 26.2 Å². The summed E-state index contributed by atoms with van der Waals surface area (Å²) in [6.45, 7) is 3.25. The average Bonchev–Trinajstić information content (AvgIpc) is 2.24. The molecule has 0 heterocycles. The fraction of sp³-hybridized carbons (Fsp3) is 0.500. The highest BCUT2D eigenvalue weighted by Crippen LogP contribution is 2.20. The van der Waals surface area contributed by atoms with Gasteiger partial charge in [-0.3, -0.25) is 0 Å². The summed E-state index contributed by atoms with van der Waals surface area (Å²) < 4.78 is 17.9. The van der Waals surface area contributed by atoms with Crippen LogP contribution in [0.1, 0.15) is 12.5 Å². The van der Waals surface area contributed by atoms with Gasteiger partial charge < -0.3 is 15.2 Å². The molecule has 2 N–H and O–H groups in total. The Bertz CT molecular complexity index is 329. The first-order valence-electron chi connectivity index (χ1n) is 5.24.